The Labute approximate surface area is 194 Å². The molecule has 0 N–H and O–H groups in total. The molecule has 1 unspecified atom stereocenters. The number of hydrogen-bond acceptors (Lipinski definition) is 3. The number of benzene rings is 1. The molecule has 4 nitrogen and oxygen atoms in total. The number of carbonyl (C=O) groups is 2. The van der Waals surface area contributed by atoms with E-state index < -0.39 is 0 Å². The molecule has 1 aromatic carbocycles. The highest BCUT2D eigenvalue weighted by Crippen LogP contribution is 2.45. The van der Waals surface area contributed by atoms with Gasteiger partial charge in [0.05, 0.1) is 15.5 Å². The Kier molecular flexibility index (Phi) is 7.36. The molecule has 2 fully saturated rings. The van der Waals surface area contributed by atoms with Crippen LogP contribution in [0.4, 0.5) is 0 Å². The van der Waals surface area contributed by atoms with Crippen molar-refractivity contribution in [1.29, 1.82) is 0 Å². The Morgan fingerprint density at radius 1 is 1.17 bits per heavy atom. The molecule has 0 aromatic heterocycles. The number of thioether (sulfide) groups is 1. The van der Waals surface area contributed by atoms with Gasteiger partial charge in [-0.25, -0.2) is 0 Å². The summed E-state index contributed by atoms with van der Waals surface area (Å²) in [5.74, 6) is 1.48. The summed E-state index contributed by atoms with van der Waals surface area (Å²) in [6.07, 6.45) is 3.24. The van der Waals surface area contributed by atoms with Crippen LogP contribution in [-0.4, -0.2) is 51.9 Å². The van der Waals surface area contributed by atoms with Gasteiger partial charge in [-0.1, -0.05) is 50.9 Å². The number of halogens is 2. The molecular formula is C23H32Cl2N2O2S. The molecule has 2 amide bonds. The first-order chi connectivity index (χ1) is 14.0. The maximum atomic E-state index is 13.3. The molecule has 2 aliphatic heterocycles. The fraction of sp³-hybridized carbons (Fsp3) is 0.652. The fourth-order valence-electron chi connectivity index (χ4n) is 4.77. The summed E-state index contributed by atoms with van der Waals surface area (Å²) >= 11 is 14.1. The molecule has 2 aliphatic rings. The molecule has 166 valence electrons. The molecule has 0 aliphatic carbocycles. The highest BCUT2D eigenvalue weighted by molar-refractivity contribution is 8.00. The first-order valence-electron chi connectivity index (χ1n) is 10.7. The predicted molar refractivity (Wildman–Crippen MR) is 126 cm³/mol. The first kappa shape index (κ1) is 23.7. The number of rotatable bonds is 4. The van der Waals surface area contributed by atoms with Crippen LogP contribution in [-0.2, 0) is 4.79 Å². The molecule has 0 radical (unpaired) electrons. The van der Waals surface area contributed by atoms with Gasteiger partial charge in [-0.2, -0.15) is 0 Å². The Bertz CT molecular complexity index is 801. The van der Waals surface area contributed by atoms with Crippen LogP contribution in [0.15, 0.2) is 18.2 Å². The third-order valence-electron chi connectivity index (χ3n) is 5.97. The lowest BCUT2D eigenvalue weighted by Crippen LogP contribution is -2.53. The van der Waals surface area contributed by atoms with Gasteiger partial charge in [0.15, 0.2) is 0 Å². The van der Waals surface area contributed by atoms with Crippen molar-refractivity contribution in [2.45, 2.75) is 58.2 Å². The van der Waals surface area contributed by atoms with Gasteiger partial charge < -0.3 is 9.80 Å². The molecule has 7 heteroatoms. The van der Waals surface area contributed by atoms with Crippen molar-refractivity contribution < 1.29 is 9.59 Å². The molecule has 1 spiro atoms. The lowest BCUT2D eigenvalue weighted by Gasteiger charge is -2.44. The zero-order valence-electron chi connectivity index (χ0n) is 18.3. The van der Waals surface area contributed by atoms with Crippen molar-refractivity contribution in [2.75, 3.05) is 25.4 Å². The minimum absolute atomic E-state index is 0.0414. The van der Waals surface area contributed by atoms with Crippen molar-refractivity contribution in [2.24, 2.45) is 11.3 Å². The third-order valence-corrected chi connectivity index (χ3v) is 8.07. The Morgan fingerprint density at radius 3 is 2.43 bits per heavy atom. The molecule has 3 rings (SSSR count). The van der Waals surface area contributed by atoms with E-state index in [4.69, 9.17) is 23.2 Å². The minimum atomic E-state index is -0.242. The van der Waals surface area contributed by atoms with E-state index in [1.54, 1.807) is 18.2 Å². The smallest absolute Gasteiger partial charge is 0.256 e. The van der Waals surface area contributed by atoms with Gasteiger partial charge in [-0.05, 0) is 48.8 Å². The molecule has 0 saturated carbocycles. The van der Waals surface area contributed by atoms with E-state index in [1.165, 1.54) is 0 Å². The van der Waals surface area contributed by atoms with Crippen LogP contribution in [0, 0.1) is 11.3 Å². The second-order valence-corrected chi connectivity index (χ2v) is 12.1. The summed E-state index contributed by atoms with van der Waals surface area (Å²) in [4.78, 5) is 29.8. The van der Waals surface area contributed by atoms with E-state index in [-0.39, 0.29) is 22.1 Å². The molecular weight excluding hydrogens is 439 g/mol. The summed E-state index contributed by atoms with van der Waals surface area (Å²) in [5.41, 5.74) is 0.730. The van der Waals surface area contributed by atoms with Crippen molar-refractivity contribution in [3.05, 3.63) is 33.8 Å². The van der Waals surface area contributed by atoms with Gasteiger partial charge in [0.2, 0.25) is 5.91 Å². The number of carbonyl (C=O) groups excluding carboxylic acids is 2. The molecule has 0 bridgehead atoms. The SMILES string of the molecule is CC(CC(=O)N1CCC2(CC1)SCCN2C(=O)c1ccc(Cl)cc1Cl)CC(C)(C)C. The lowest BCUT2D eigenvalue weighted by molar-refractivity contribution is -0.133. The third kappa shape index (κ3) is 5.46. The monoisotopic (exact) mass is 470 g/mol. The minimum Gasteiger partial charge on any atom is -0.342 e. The van der Waals surface area contributed by atoms with Gasteiger partial charge in [0.25, 0.3) is 5.91 Å². The average Bonchev–Trinajstić information content (AvgIpc) is 3.03. The Balaban J connectivity index is 1.63. The summed E-state index contributed by atoms with van der Waals surface area (Å²) in [7, 11) is 0. The largest absolute Gasteiger partial charge is 0.342 e. The van der Waals surface area contributed by atoms with Gasteiger partial charge in [0.1, 0.15) is 0 Å². The van der Waals surface area contributed by atoms with Crippen LogP contribution in [0.3, 0.4) is 0 Å². The molecule has 30 heavy (non-hydrogen) atoms. The summed E-state index contributed by atoms with van der Waals surface area (Å²) in [6.45, 7) is 10.9. The van der Waals surface area contributed by atoms with E-state index in [2.05, 4.69) is 27.7 Å². The van der Waals surface area contributed by atoms with Crippen LogP contribution < -0.4 is 0 Å². The van der Waals surface area contributed by atoms with E-state index in [1.807, 2.05) is 21.6 Å². The second kappa shape index (κ2) is 9.30. The van der Waals surface area contributed by atoms with Crippen LogP contribution in [0.1, 0.15) is 63.7 Å². The van der Waals surface area contributed by atoms with Gasteiger partial charge >= 0.3 is 0 Å². The van der Waals surface area contributed by atoms with Crippen LogP contribution in [0.2, 0.25) is 10.0 Å². The summed E-state index contributed by atoms with van der Waals surface area (Å²) in [5, 5.41) is 0.912. The van der Waals surface area contributed by atoms with E-state index in [9.17, 15) is 9.59 Å². The van der Waals surface area contributed by atoms with Gasteiger partial charge in [-0.15, -0.1) is 11.8 Å². The number of piperidine rings is 1. The zero-order valence-corrected chi connectivity index (χ0v) is 20.7. The number of hydrogen-bond donors (Lipinski definition) is 0. The van der Waals surface area contributed by atoms with Crippen molar-refractivity contribution in [3.8, 4) is 0 Å². The first-order valence-corrected chi connectivity index (χ1v) is 12.4. The highest BCUT2D eigenvalue weighted by Gasteiger charge is 2.47. The highest BCUT2D eigenvalue weighted by atomic mass is 35.5. The maximum Gasteiger partial charge on any atom is 0.256 e. The van der Waals surface area contributed by atoms with E-state index >= 15 is 0 Å². The Morgan fingerprint density at radius 2 is 1.83 bits per heavy atom. The fourth-order valence-corrected chi connectivity index (χ4v) is 6.71. The normalized spacial score (nSPS) is 19.9. The molecule has 2 heterocycles. The molecule has 2 saturated heterocycles. The van der Waals surface area contributed by atoms with E-state index in [0.29, 0.717) is 47.6 Å². The Hall–Kier alpha value is -0.910. The van der Waals surface area contributed by atoms with Crippen molar-refractivity contribution in [3.63, 3.8) is 0 Å². The number of likely N-dealkylation sites (tertiary alicyclic amines) is 1. The summed E-state index contributed by atoms with van der Waals surface area (Å²) < 4.78 is 0. The van der Waals surface area contributed by atoms with Crippen LogP contribution in [0.25, 0.3) is 0 Å². The second-order valence-electron chi connectivity index (χ2n) is 9.83. The van der Waals surface area contributed by atoms with Crippen molar-refractivity contribution in [1.82, 2.24) is 9.80 Å². The van der Waals surface area contributed by atoms with Crippen LogP contribution in [0.5, 0.6) is 0 Å². The van der Waals surface area contributed by atoms with E-state index in [0.717, 1.165) is 25.0 Å². The van der Waals surface area contributed by atoms with Crippen LogP contribution >= 0.6 is 35.0 Å². The van der Waals surface area contributed by atoms with Crippen molar-refractivity contribution >= 4 is 46.8 Å². The van der Waals surface area contributed by atoms with Gasteiger partial charge in [-0.3, -0.25) is 9.59 Å². The number of nitrogens with zero attached hydrogens (tertiary/aromatic N) is 2. The zero-order chi connectivity index (χ0) is 22.1. The predicted octanol–water partition coefficient (Wildman–Crippen LogP) is 5.96. The summed E-state index contributed by atoms with van der Waals surface area (Å²) in [6, 6.07) is 5.03. The number of amides is 2. The standard InChI is InChI=1S/C23H32Cl2N2O2S/c1-16(15-22(2,3)4)13-20(28)26-9-7-23(8-10-26)27(11-12-30-23)21(29)18-6-5-17(24)14-19(18)25/h5-6,14,16H,7-13,15H2,1-4H3. The average molecular weight is 471 g/mol. The maximum absolute atomic E-state index is 13.3. The topological polar surface area (TPSA) is 40.6 Å². The lowest BCUT2D eigenvalue weighted by atomic mass is 9.84. The quantitative estimate of drug-likeness (QED) is 0.544. The molecule has 1 aromatic rings. The van der Waals surface area contributed by atoms with Gasteiger partial charge in [0, 0.05) is 36.8 Å². The molecule has 1 atom stereocenters.